The fourth-order valence-corrected chi connectivity index (χ4v) is 3.89. The first-order chi connectivity index (χ1) is 10.2. The van der Waals surface area contributed by atoms with Gasteiger partial charge >= 0.3 is 6.09 Å². The minimum atomic E-state index is -0.747. The fraction of sp³-hybridized carbons (Fsp3) is 0.941. The van der Waals surface area contributed by atoms with E-state index >= 15 is 0 Å². The van der Waals surface area contributed by atoms with Gasteiger partial charge in [-0.2, -0.15) is 0 Å². The number of carbonyl (C=O) groups is 1. The third kappa shape index (κ3) is 4.34. The van der Waals surface area contributed by atoms with Crippen LogP contribution >= 0.6 is 0 Å². The van der Waals surface area contributed by atoms with E-state index in [0.717, 1.165) is 19.3 Å². The summed E-state index contributed by atoms with van der Waals surface area (Å²) in [5.41, 5.74) is -1.25. The fourth-order valence-electron chi connectivity index (χ4n) is 3.89. The highest BCUT2D eigenvalue weighted by Crippen LogP contribution is 2.42. The van der Waals surface area contributed by atoms with Crippen molar-refractivity contribution < 1.29 is 19.0 Å². The van der Waals surface area contributed by atoms with Crippen LogP contribution in [0.3, 0.4) is 0 Å². The second kappa shape index (κ2) is 6.73. The Morgan fingerprint density at radius 3 is 2.36 bits per heavy atom. The van der Waals surface area contributed by atoms with Gasteiger partial charge in [0.25, 0.3) is 0 Å². The molecular weight excluding hydrogens is 285 g/mol. The number of hydrogen-bond acceptors (Lipinski definition) is 3. The smallest absolute Gasteiger partial charge is 0.410 e. The lowest BCUT2D eigenvalue weighted by Gasteiger charge is -2.51. The molecule has 2 bridgehead atoms. The third-order valence-electron chi connectivity index (χ3n) is 4.72. The van der Waals surface area contributed by atoms with E-state index < -0.39 is 11.2 Å². The maximum absolute atomic E-state index is 12.5. The summed E-state index contributed by atoms with van der Waals surface area (Å²) in [4.78, 5) is 14.3. The molecule has 0 aromatic heterocycles. The van der Waals surface area contributed by atoms with E-state index in [1.165, 1.54) is 0 Å². The standard InChI is InChI=1S/C17H30FNO3/c1-16(2,3)22-15(20)19-13-7-6-8-14(19)12-17(21,11-13)9-4-5-10-18/h13-14,21H,4-12H2,1-3H3. The molecule has 2 saturated heterocycles. The zero-order valence-corrected chi connectivity index (χ0v) is 14.1. The highest BCUT2D eigenvalue weighted by Gasteiger charge is 2.47. The number of halogens is 1. The molecule has 4 nitrogen and oxygen atoms in total. The van der Waals surface area contributed by atoms with Crippen molar-refractivity contribution in [2.45, 2.75) is 95.4 Å². The van der Waals surface area contributed by atoms with Gasteiger partial charge in [-0.05, 0) is 72.1 Å². The van der Waals surface area contributed by atoms with Crippen LogP contribution in [0.5, 0.6) is 0 Å². The van der Waals surface area contributed by atoms with Crippen molar-refractivity contribution in [3.63, 3.8) is 0 Å². The van der Waals surface area contributed by atoms with Crippen LogP contribution in [0, 0.1) is 0 Å². The molecule has 2 rings (SSSR count). The Hall–Kier alpha value is -0.840. The number of carbonyl (C=O) groups excluding carboxylic acids is 1. The maximum atomic E-state index is 12.5. The number of nitrogens with zero attached hydrogens (tertiary/aromatic N) is 1. The van der Waals surface area contributed by atoms with Gasteiger partial charge in [-0.1, -0.05) is 0 Å². The molecule has 0 radical (unpaired) electrons. The topological polar surface area (TPSA) is 49.8 Å². The van der Waals surface area contributed by atoms with Crippen LogP contribution in [0.4, 0.5) is 9.18 Å². The number of aliphatic hydroxyl groups is 1. The summed E-state index contributed by atoms with van der Waals surface area (Å²) in [6.45, 7) is 5.29. The molecule has 5 heteroatoms. The molecule has 1 amide bonds. The van der Waals surface area contributed by atoms with Crippen LogP contribution in [0.15, 0.2) is 0 Å². The van der Waals surface area contributed by atoms with Crippen molar-refractivity contribution >= 4 is 6.09 Å². The van der Waals surface area contributed by atoms with Crippen molar-refractivity contribution in [3.8, 4) is 0 Å². The van der Waals surface area contributed by atoms with Gasteiger partial charge < -0.3 is 14.7 Å². The normalized spacial score (nSPS) is 32.0. The van der Waals surface area contributed by atoms with E-state index in [0.29, 0.717) is 32.1 Å². The first-order valence-corrected chi connectivity index (χ1v) is 8.54. The number of piperidine rings is 2. The molecule has 0 aliphatic carbocycles. The predicted molar refractivity (Wildman–Crippen MR) is 83.5 cm³/mol. The van der Waals surface area contributed by atoms with Crippen LogP contribution in [-0.2, 0) is 4.74 Å². The van der Waals surface area contributed by atoms with Crippen molar-refractivity contribution in [1.82, 2.24) is 4.90 Å². The molecule has 2 aliphatic heterocycles. The SMILES string of the molecule is CC(C)(C)OC(=O)N1C2CCCC1CC(O)(CCCCF)C2. The van der Waals surface area contributed by atoms with Crippen molar-refractivity contribution in [2.75, 3.05) is 6.67 Å². The van der Waals surface area contributed by atoms with Gasteiger partial charge in [0, 0.05) is 12.1 Å². The Kier molecular flexibility index (Phi) is 5.36. The lowest BCUT2D eigenvalue weighted by Crippen LogP contribution is -2.60. The van der Waals surface area contributed by atoms with Crippen LogP contribution in [0.1, 0.15) is 72.1 Å². The Bertz CT molecular complexity index is 380. The Labute approximate surface area is 133 Å². The molecule has 2 aliphatic rings. The quantitative estimate of drug-likeness (QED) is 0.803. The minimum Gasteiger partial charge on any atom is -0.444 e. The van der Waals surface area contributed by atoms with Gasteiger partial charge in [-0.15, -0.1) is 0 Å². The molecule has 0 saturated carbocycles. The minimum absolute atomic E-state index is 0.0535. The summed E-state index contributed by atoms with van der Waals surface area (Å²) in [5.74, 6) is 0. The number of hydrogen-bond donors (Lipinski definition) is 1. The first-order valence-electron chi connectivity index (χ1n) is 8.54. The summed E-state index contributed by atoms with van der Waals surface area (Å²) in [5, 5.41) is 10.8. The van der Waals surface area contributed by atoms with Gasteiger partial charge in [0.15, 0.2) is 0 Å². The van der Waals surface area contributed by atoms with Crippen molar-refractivity contribution in [1.29, 1.82) is 0 Å². The number of alkyl halides is 1. The summed E-state index contributed by atoms with van der Waals surface area (Å²) in [6, 6.07) is 0.107. The highest BCUT2D eigenvalue weighted by molar-refractivity contribution is 5.69. The van der Waals surface area contributed by atoms with Crippen LogP contribution < -0.4 is 0 Å². The van der Waals surface area contributed by atoms with Gasteiger partial charge in [0.2, 0.25) is 0 Å². The Morgan fingerprint density at radius 2 is 1.86 bits per heavy atom. The van der Waals surface area contributed by atoms with E-state index in [2.05, 4.69) is 0 Å². The molecule has 2 heterocycles. The molecule has 0 aromatic carbocycles. The van der Waals surface area contributed by atoms with E-state index in [1.807, 2.05) is 25.7 Å². The molecule has 2 unspecified atom stereocenters. The predicted octanol–water partition coefficient (Wildman–Crippen LogP) is 3.81. The average molecular weight is 315 g/mol. The Balaban J connectivity index is 2.03. The molecule has 0 spiro atoms. The highest BCUT2D eigenvalue weighted by atomic mass is 19.1. The number of unbranched alkanes of at least 4 members (excludes halogenated alkanes) is 1. The molecule has 2 fully saturated rings. The number of fused-ring (bicyclic) bond motifs is 2. The number of ether oxygens (including phenoxy) is 1. The third-order valence-corrected chi connectivity index (χ3v) is 4.72. The lowest BCUT2D eigenvalue weighted by atomic mass is 9.74. The molecular formula is C17H30FNO3. The van der Waals surface area contributed by atoms with E-state index in [4.69, 9.17) is 4.74 Å². The van der Waals surface area contributed by atoms with Crippen LogP contribution in [0.25, 0.3) is 0 Å². The second-order valence-corrected chi connectivity index (χ2v) is 7.90. The largest absolute Gasteiger partial charge is 0.444 e. The Morgan fingerprint density at radius 1 is 1.27 bits per heavy atom. The number of amides is 1. The van der Waals surface area contributed by atoms with E-state index in [1.54, 1.807) is 0 Å². The van der Waals surface area contributed by atoms with Crippen molar-refractivity contribution in [2.24, 2.45) is 0 Å². The van der Waals surface area contributed by atoms with Gasteiger partial charge in [0.1, 0.15) is 5.60 Å². The van der Waals surface area contributed by atoms with Gasteiger partial charge in [0.05, 0.1) is 12.3 Å². The molecule has 22 heavy (non-hydrogen) atoms. The lowest BCUT2D eigenvalue weighted by molar-refractivity contribution is -0.0966. The molecule has 128 valence electrons. The van der Waals surface area contributed by atoms with Gasteiger partial charge in [-0.3, -0.25) is 4.39 Å². The second-order valence-electron chi connectivity index (χ2n) is 7.90. The van der Waals surface area contributed by atoms with Crippen molar-refractivity contribution in [3.05, 3.63) is 0 Å². The summed E-state index contributed by atoms with van der Waals surface area (Å²) in [6.07, 6.45) is 5.70. The monoisotopic (exact) mass is 315 g/mol. The van der Waals surface area contributed by atoms with Crippen LogP contribution in [-0.4, -0.2) is 46.1 Å². The molecule has 2 atom stereocenters. The van der Waals surface area contributed by atoms with E-state index in [-0.39, 0.29) is 24.9 Å². The maximum Gasteiger partial charge on any atom is 0.410 e. The zero-order valence-electron chi connectivity index (χ0n) is 14.1. The van der Waals surface area contributed by atoms with Gasteiger partial charge in [-0.25, -0.2) is 4.79 Å². The first kappa shape index (κ1) is 17.5. The molecule has 1 N–H and O–H groups in total. The van der Waals surface area contributed by atoms with Crippen LogP contribution in [0.2, 0.25) is 0 Å². The van der Waals surface area contributed by atoms with E-state index in [9.17, 15) is 14.3 Å². The summed E-state index contributed by atoms with van der Waals surface area (Å²) in [7, 11) is 0. The number of rotatable bonds is 4. The summed E-state index contributed by atoms with van der Waals surface area (Å²) < 4.78 is 17.8. The molecule has 0 aromatic rings. The zero-order chi connectivity index (χ0) is 16.4. The summed E-state index contributed by atoms with van der Waals surface area (Å²) >= 11 is 0. The average Bonchev–Trinajstić information content (AvgIpc) is 2.35.